The minimum absolute atomic E-state index is 0.819. The van der Waals surface area contributed by atoms with E-state index in [4.69, 9.17) is 4.98 Å². The molecule has 0 fully saturated rings. The molecular weight excluding hydrogens is 472 g/mol. The summed E-state index contributed by atoms with van der Waals surface area (Å²) >= 11 is 0. The number of benzene rings is 6. The number of fused-ring (bicyclic) bond motifs is 4. The smallest absolute Gasteiger partial charge is 0.145 e. The lowest BCUT2D eigenvalue weighted by Crippen LogP contribution is -1.99. The van der Waals surface area contributed by atoms with Crippen molar-refractivity contribution in [2.24, 2.45) is 0 Å². The Kier molecular flexibility index (Phi) is 5.45. The second-order valence-corrected chi connectivity index (χ2v) is 9.72. The van der Waals surface area contributed by atoms with Crippen molar-refractivity contribution in [1.29, 1.82) is 0 Å². The van der Waals surface area contributed by atoms with Crippen LogP contribution in [-0.2, 0) is 0 Å². The van der Waals surface area contributed by atoms with Crippen LogP contribution in [0.4, 0.5) is 0 Å². The lowest BCUT2D eigenvalue weighted by molar-refractivity contribution is 1.05. The van der Waals surface area contributed by atoms with E-state index in [9.17, 15) is 0 Å². The molecule has 0 spiro atoms. The molecule has 0 aliphatic heterocycles. The summed E-state index contributed by atoms with van der Waals surface area (Å²) in [5, 5.41) is 7.56. The SMILES string of the molecule is C=Cc1nc(-c2ccc(-c3c4ccccc4cc4c3ccc3ccccc34)cc2)n(-c2ccccc2)c1C=C. The van der Waals surface area contributed by atoms with Gasteiger partial charge >= 0.3 is 0 Å². The molecule has 7 rings (SSSR count). The van der Waals surface area contributed by atoms with Crippen molar-refractivity contribution in [3.05, 3.63) is 146 Å². The van der Waals surface area contributed by atoms with E-state index in [-0.39, 0.29) is 0 Å². The maximum absolute atomic E-state index is 4.96. The molecule has 7 aromatic rings. The number of para-hydroxylation sites is 1. The van der Waals surface area contributed by atoms with Crippen molar-refractivity contribution >= 4 is 44.5 Å². The average Bonchev–Trinajstić information content (AvgIpc) is 3.39. The van der Waals surface area contributed by atoms with Crippen LogP contribution in [0.1, 0.15) is 11.4 Å². The predicted octanol–water partition coefficient (Wildman–Crippen LogP) is 9.95. The van der Waals surface area contributed by atoms with Gasteiger partial charge in [-0.05, 0) is 73.8 Å². The summed E-state index contributed by atoms with van der Waals surface area (Å²) < 4.78 is 2.15. The van der Waals surface area contributed by atoms with Crippen LogP contribution in [0, 0.1) is 0 Å². The molecule has 2 heteroatoms. The number of hydrogen-bond acceptors (Lipinski definition) is 1. The van der Waals surface area contributed by atoms with Crippen LogP contribution in [0.15, 0.2) is 134 Å². The van der Waals surface area contributed by atoms with Gasteiger partial charge in [-0.1, -0.05) is 116 Å². The van der Waals surface area contributed by atoms with E-state index in [1.807, 2.05) is 24.3 Å². The number of hydrogen-bond donors (Lipinski definition) is 0. The highest BCUT2D eigenvalue weighted by Crippen LogP contribution is 2.40. The molecule has 0 atom stereocenters. The number of aromatic nitrogens is 2. The largest absolute Gasteiger partial charge is 0.292 e. The van der Waals surface area contributed by atoms with Gasteiger partial charge in [-0.15, -0.1) is 0 Å². The first-order valence-corrected chi connectivity index (χ1v) is 13.1. The van der Waals surface area contributed by atoms with E-state index in [0.29, 0.717) is 0 Å². The molecule has 2 nitrogen and oxygen atoms in total. The highest BCUT2D eigenvalue weighted by Gasteiger charge is 2.17. The van der Waals surface area contributed by atoms with E-state index in [0.717, 1.165) is 28.5 Å². The van der Waals surface area contributed by atoms with Gasteiger partial charge in [0.05, 0.1) is 11.4 Å². The summed E-state index contributed by atoms with van der Waals surface area (Å²) in [5.74, 6) is 0.867. The van der Waals surface area contributed by atoms with Crippen molar-refractivity contribution in [2.75, 3.05) is 0 Å². The maximum Gasteiger partial charge on any atom is 0.145 e. The number of imidazole rings is 1. The second-order valence-electron chi connectivity index (χ2n) is 9.72. The lowest BCUT2D eigenvalue weighted by Gasteiger charge is -2.15. The van der Waals surface area contributed by atoms with Crippen molar-refractivity contribution in [1.82, 2.24) is 9.55 Å². The lowest BCUT2D eigenvalue weighted by atomic mass is 9.89. The molecule has 1 aromatic heterocycles. The van der Waals surface area contributed by atoms with Crippen LogP contribution >= 0.6 is 0 Å². The van der Waals surface area contributed by atoms with E-state index in [1.165, 1.54) is 43.4 Å². The summed E-state index contributed by atoms with van der Waals surface area (Å²) in [6, 6.07) is 43.2. The van der Waals surface area contributed by atoms with Gasteiger partial charge in [0.1, 0.15) is 5.82 Å². The van der Waals surface area contributed by atoms with Gasteiger partial charge in [-0.25, -0.2) is 4.98 Å². The first-order chi connectivity index (χ1) is 19.3. The third-order valence-electron chi connectivity index (χ3n) is 7.54. The Morgan fingerprint density at radius 2 is 1.21 bits per heavy atom. The zero-order chi connectivity index (χ0) is 26.3. The molecule has 0 aliphatic carbocycles. The molecule has 184 valence electrons. The van der Waals surface area contributed by atoms with Crippen LogP contribution < -0.4 is 0 Å². The Morgan fingerprint density at radius 3 is 1.95 bits per heavy atom. The Bertz CT molecular complexity index is 2030. The summed E-state index contributed by atoms with van der Waals surface area (Å²) in [5.41, 5.74) is 6.27. The van der Waals surface area contributed by atoms with Crippen LogP contribution in [0.5, 0.6) is 0 Å². The topological polar surface area (TPSA) is 17.8 Å². The number of rotatable bonds is 5. The van der Waals surface area contributed by atoms with Gasteiger partial charge < -0.3 is 0 Å². The third-order valence-corrected chi connectivity index (χ3v) is 7.54. The molecule has 0 bridgehead atoms. The predicted molar refractivity (Wildman–Crippen MR) is 167 cm³/mol. The summed E-state index contributed by atoms with van der Waals surface area (Å²) in [4.78, 5) is 4.96. The standard InChI is InChI=1S/C37H26N2/c1-3-34-35(4-2)39(29-14-6-5-7-15-29)37(38-34)27-20-18-26(19-21-27)36-31-17-11-9-13-28(31)24-33-30-16-10-8-12-25(30)22-23-32(33)36/h3-24H,1-2H2. The molecule has 1 heterocycles. The van der Waals surface area contributed by atoms with Crippen molar-refractivity contribution < 1.29 is 0 Å². The normalized spacial score (nSPS) is 11.3. The van der Waals surface area contributed by atoms with Crippen molar-refractivity contribution in [3.63, 3.8) is 0 Å². The van der Waals surface area contributed by atoms with E-state index in [1.54, 1.807) is 6.08 Å². The Balaban J connectivity index is 1.45. The van der Waals surface area contributed by atoms with Crippen LogP contribution in [0.3, 0.4) is 0 Å². The summed E-state index contributed by atoms with van der Waals surface area (Å²) in [6.07, 6.45) is 3.64. The van der Waals surface area contributed by atoms with Crippen LogP contribution in [-0.4, -0.2) is 9.55 Å². The van der Waals surface area contributed by atoms with Gasteiger partial charge in [-0.3, -0.25) is 4.57 Å². The van der Waals surface area contributed by atoms with Crippen molar-refractivity contribution in [2.45, 2.75) is 0 Å². The molecule has 0 amide bonds. The minimum atomic E-state index is 0.819. The molecule has 0 saturated carbocycles. The fourth-order valence-corrected chi connectivity index (χ4v) is 5.75. The first kappa shape index (κ1) is 22.9. The molecule has 0 radical (unpaired) electrons. The van der Waals surface area contributed by atoms with Gasteiger partial charge in [0.2, 0.25) is 0 Å². The second kappa shape index (κ2) is 9.27. The highest BCUT2D eigenvalue weighted by molar-refractivity contribution is 6.20. The molecule has 0 N–H and O–H groups in total. The Morgan fingerprint density at radius 1 is 0.538 bits per heavy atom. The van der Waals surface area contributed by atoms with E-state index < -0.39 is 0 Å². The zero-order valence-electron chi connectivity index (χ0n) is 21.5. The molecule has 39 heavy (non-hydrogen) atoms. The first-order valence-electron chi connectivity index (χ1n) is 13.1. The zero-order valence-corrected chi connectivity index (χ0v) is 21.5. The number of nitrogens with zero attached hydrogens (tertiary/aromatic N) is 2. The van der Waals surface area contributed by atoms with Gasteiger partial charge in [0, 0.05) is 11.3 Å². The molecule has 0 aliphatic rings. The van der Waals surface area contributed by atoms with Gasteiger partial charge in [0.15, 0.2) is 0 Å². The molecular formula is C37H26N2. The van der Waals surface area contributed by atoms with E-state index >= 15 is 0 Å². The fourth-order valence-electron chi connectivity index (χ4n) is 5.75. The average molecular weight is 499 g/mol. The Labute approximate surface area is 227 Å². The maximum atomic E-state index is 4.96. The molecule has 6 aromatic carbocycles. The van der Waals surface area contributed by atoms with Crippen LogP contribution in [0.25, 0.3) is 72.7 Å². The summed E-state index contributed by atoms with van der Waals surface area (Å²) in [6.45, 7) is 8.05. The monoisotopic (exact) mass is 498 g/mol. The summed E-state index contributed by atoms with van der Waals surface area (Å²) in [7, 11) is 0. The minimum Gasteiger partial charge on any atom is -0.292 e. The molecule has 0 saturated heterocycles. The fraction of sp³-hybridized carbons (Fsp3) is 0. The Hall–Kier alpha value is -5.21. The van der Waals surface area contributed by atoms with Gasteiger partial charge in [-0.2, -0.15) is 0 Å². The van der Waals surface area contributed by atoms with E-state index in [2.05, 4.69) is 121 Å². The van der Waals surface area contributed by atoms with Crippen molar-refractivity contribution in [3.8, 4) is 28.2 Å². The molecule has 0 unspecified atom stereocenters. The van der Waals surface area contributed by atoms with Crippen LogP contribution in [0.2, 0.25) is 0 Å². The van der Waals surface area contributed by atoms with Gasteiger partial charge in [0.25, 0.3) is 0 Å². The highest BCUT2D eigenvalue weighted by atomic mass is 15.1. The third kappa shape index (κ3) is 3.69. The quantitative estimate of drug-likeness (QED) is 0.170.